The van der Waals surface area contributed by atoms with E-state index in [1.165, 1.54) is 12.1 Å². The molecule has 3 aromatic heterocycles. The molecule has 0 fully saturated rings. The molecule has 0 aliphatic carbocycles. The van der Waals surface area contributed by atoms with Crippen molar-refractivity contribution < 1.29 is 4.39 Å². The summed E-state index contributed by atoms with van der Waals surface area (Å²) in [4.78, 5) is 9.31. The van der Waals surface area contributed by atoms with Crippen LogP contribution in [0.4, 0.5) is 10.2 Å². The van der Waals surface area contributed by atoms with Gasteiger partial charge < -0.3 is 5.32 Å². The van der Waals surface area contributed by atoms with Crippen molar-refractivity contribution in [1.82, 2.24) is 19.6 Å². The smallest absolute Gasteiger partial charge is 0.165 e. The average Bonchev–Trinajstić information content (AvgIpc) is 3.03. The molecule has 0 amide bonds. The van der Waals surface area contributed by atoms with Gasteiger partial charge in [-0.15, -0.1) is 0 Å². The molecule has 0 aliphatic heterocycles. The van der Waals surface area contributed by atoms with E-state index >= 15 is 0 Å². The second-order valence-corrected chi connectivity index (χ2v) is 8.15. The van der Waals surface area contributed by atoms with Crippen LogP contribution < -0.4 is 5.32 Å². The summed E-state index contributed by atoms with van der Waals surface area (Å²) in [6.45, 7) is 8.93. The number of fused-ring (bicyclic) bond motifs is 1. The first-order chi connectivity index (χ1) is 13.8. The number of benzene rings is 1. The summed E-state index contributed by atoms with van der Waals surface area (Å²) in [6.07, 6.45) is 1.78. The van der Waals surface area contributed by atoms with Gasteiger partial charge in [0.05, 0.1) is 23.6 Å². The number of aryl methyl sites for hydroxylation is 1. The van der Waals surface area contributed by atoms with Crippen LogP contribution in [0.3, 0.4) is 0 Å². The fraction of sp³-hybridized carbons (Fsp3) is 0.261. The maximum absolute atomic E-state index is 13.4. The molecule has 29 heavy (non-hydrogen) atoms. The molecular formula is C23H24FN5. The van der Waals surface area contributed by atoms with Gasteiger partial charge in [0.15, 0.2) is 5.65 Å². The summed E-state index contributed by atoms with van der Waals surface area (Å²) in [6, 6.07) is 14.4. The average molecular weight is 389 g/mol. The molecule has 0 saturated heterocycles. The number of hydrogen-bond acceptors (Lipinski definition) is 4. The molecule has 0 radical (unpaired) electrons. The predicted octanol–water partition coefficient (Wildman–Crippen LogP) is 5.15. The van der Waals surface area contributed by atoms with Crippen molar-refractivity contribution in [2.45, 2.75) is 39.7 Å². The van der Waals surface area contributed by atoms with Crippen LogP contribution in [0.1, 0.15) is 37.9 Å². The zero-order valence-electron chi connectivity index (χ0n) is 17.1. The van der Waals surface area contributed by atoms with E-state index in [-0.39, 0.29) is 11.2 Å². The molecule has 0 spiro atoms. The standard InChI is InChI=1S/C23H24FN5/c1-15-21(16-8-10-17(24)11-9-16)22-27-19(23(2,3)4)13-20(29(22)28-15)26-14-18-7-5-6-12-25-18/h5-13,26H,14H2,1-4H3. The van der Waals surface area contributed by atoms with Crippen LogP contribution in [0.2, 0.25) is 0 Å². The van der Waals surface area contributed by atoms with Crippen LogP contribution >= 0.6 is 0 Å². The molecule has 4 rings (SSSR count). The molecule has 3 heterocycles. The topological polar surface area (TPSA) is 55.1 Å². The van der Waals surface area contributed by atoms with Gasteiger partial charge in [0.25, 0.3) is 0 Å². The normalized spacial score (nSPS) is 11.8. The van der Waals surface area contributed by atoms with Crippen molar-refractivity contribution in [2.75, 3.05) is 5.32 Å². The van der Waals surface area contributed by atoms with Gasteiger partial charge in [0.2, 0.25) is 0 Å². The van der Waals surface area contributed by atoms with E-state index < -0.39 is 0 Å². The number of pyridine rings is 1. The number of rotatable bonds is 4. The lowest BCUT2D eigenvalue weighted by Crippen LogP contribution is -2.16. The second kappa shape index (κ2) is 7.28. The van der Waals surface area contributed by atoms with Gasteiger partial charge in [-0.05, 0) is 36.8 Å². The molecule has 1 N–H and O–H groups in total. The lowest BCUT2D eigenvalue weighted by Gasteiger charge is -2.20. The highest BCUT2D eigenvalue weighted by molar-refractivity contribution is 5.81. The summed E-state index contributed by atoms with van der Waals surface area (Å²) in [5.41, 5.74) is 5.17. The zero-order valence-corrected chi connectivity index (χ0v) is 17.1. The van der Waals surface area contributed by atoms with Crippen LogP contribution in [0.5, 0.6) is 0 Å². The van der Waals surface area contributed by atoms with Crippen LogP contribution in [0.15, 0.2) is 54.7 Å². The molecule has 0 atom stereocenters. The third-order valence-electron chi connectivity index (χ3n) is 4.84. The Bertz CT molecular complexity index is 1140. The Balaban J connectivity index is 1.86. The third kappa shape index (κ3) is 3.83. The van der Waals surface area contributed by atoms with E-state index in [0.29, 0.717) is 6.54 Å². The van der Waals surface area contributed by atoms with Crippen LogP contribution in [-0.4, -0.2) is 19.6 Å². The maximum atomic E-state index is 13.4. The fourth-order valence-electron chi connectivity index (χ4n) is 3.27. The predicted molar refractivity (Wildman–Crippen MR) is 113 cm³/mol. The minimum Gasteiger partial charge on any atom is -0.364 e. The van der Waals surface area contributed by atoms with Crippen molar-refractivity contribution in [2.24, 2.45) is 0 Å². The van der Waals surface area contributed by atoms with Crippen LogP contribution in [0.25, 0.3) is 16.8 Å². The number of nitrogens with one attached hydrogen (secondary N) is 1. The van der Waals surface area contributed by atoms with Gasteiger partial charge in [-0.2, -0.15) is 9.61 Å². The summed E-state index contributed by atoms with van der Waals surface area (Å²) in [7, 11) is 0. The van der Waals surface area contributed by atoms with E-state index in [4.69, 9.17) is 10.1 Å². The molecule has 0 unspecified atom stereocenters. The Kier molecular flexibility index (Phi) is 4.78. The van der Waals surface area contributed by atoms with Gasteiger partial charge >= 0.3 is 0 Å². The van der Waals surface area contributed by atoms with E-state index in [0.717, 1.165) is 39.7 Å². The van der Waals surface area contributed by atoms with Crippen molar-refractivity contribution in [3.63, 3.8) is 0 Å². The summed E-state index contributed by atoms with van der Waals surface area (Å²) in [5.74, 6) is 0.589. The van der Waals surface area contributed by atoms with Crippen molar-refractivity contribution in [3.05, 3.63) is 77.6 Å². The molecule has 4 aromatic rings. The van der Waals surface area contributed by atoms with E-state index in [1.54, 1.807) is 18.3 Å². The number of halogens is 1. The van der Waals surface area contributed by atoms with E-state index in [9.17, 15) is 4.39 Å². The molecular weight excluding hydrogens is 365 g/mol. The minimum absolute atomic E-state index is 0.137. The lowest BCUT2D eigenvalue weighted by atomic mass is 9.92. The first-order valence-electron chi connectivity index (χ1n) is 9.63. The van der Waals surface area contributed by atoms with Crippen LogP contribution in [-0.2, 0) is 12.0 Å². The third-order valence-corrected chi connectivity index (χ3v) is 4.84. The lowest BCUT2D eigenvalue weighted by molar-refractivity contribution is 0.568. The number of hydrogen-bond donors (Lipinski definition) is 1. The highest BCUT2D eigenvalue weighted by Gasteiger charge is 2.22. The van der Waals surface area contributed by atoms with Gasteiger partial charge in [0, 0.05) is 23.2 Å². The molecule has 6 heteroatoms. The second-order valence-electron chi connectivity index (χ2n) is 8.15. The Morgan fingerprint density at radius 1 is 1.07 bits per heavy atom. The minimum atomic E-state index is -0.260. The van der Waals surface area contributed by atoms with E-state index in [2.05, 4.69) is 31.1 Å². The van der Waals surface area contributed by atoms with Crippen molar-refractivity contribution in [3.8, 4) is 11.1 Å². The van der Waals surface area contributed by atoms with Gasteiger partial charge in [0.1, 0.15) is 11.6 Å². The zero-order chi connectivity index (χ0) is 20.6. The number of anilines is 1. The highest BCUT2D eigenvalue weighted by atomic mass is 19.1. The Morgan fingerprint density at radius 3 is 2.48 bits per heavy atom. The first kappa shape index (κ1) is 19.1. The molecule has 0 aliphatic rings. The Hall–Kier alpha value is -3.28. The molecule has 0 bridgehead atoms. The molecule has 5 nitrogen and oxygen atoms in total. The summed E-state index contributed by atoms with van der Waals surface area (Å²) in [5, 5.41) is 8.18. The number of nitrogens with zero attached hydrogens (tertiary/aromatic N) is 4. The number of aromatic nitrogens is 4. The maximum Gasteiger partial charge on any atom is 0.165 e. The molecule has 0 saturated carbocycles. The Morgan fingerprint density at radius 2 is 1.83 bits per heavy atom. The molecule has 148 valence electrons. The van der Waals surface area contributed by atoms with Crippen LogP contribution in [0, 0.1) is 12.7 Å². The molecule has 1 aromatic carbocycles. The monoisotopic (exact) mass is 389 g/mol. The van der Waals surface area contributed by atoms with Crippen molar-refractivity contribution >= 4 is 11.5 Å². The van der Waals surface area contributed by atoms with Crippen molar-refractivity contribution in [1.29, 1.82) is 0 Å². The fourth-order valence-corrected chi connectivity index (χ4v) is 3.27. The van der Waals surface area contributed by atoms with Gasteiger partial charge in [-0.3, -0.25) is 4.98 Å². The summed E-state index contributed by atoms with van der Waals surface area (Å²) < 4.78 is 15.3. The summed E-state index contributed by atoms with van der Waals surface area (Å²) >= 11 is 0. The Labute approximate surface area is 169 Å². The van der Waals surface area contributed by atoms with Gasteiger partial charge in [-0.25, -0.2) is 9.37 Å². The highest BCUT2D eigenvalue weighted by Crippen LogP contribution is 2.32. The van der Waals surface area contributed by atoms with Gasteiger partial charge in [-0.1, -0.05) is 39.0 Å². The SMILES string of the molecule is Cc1nn2c(NCc3ccccn3)cc(C(C)(C)C)nc2c1-c1ccc(F)cc1. The quantitative estimate of drug-likeness (QED) is 0.524. The largest absolute Gasteiger partial charge is 0.364 e. The van der Waals surface area contributed by atoms with E-state index in [1.807, 2.05) is 35.7 Å². The first-order valence-corrected chi connectivity index (χ1v) is 9.63.